The molecular formula is C14H20N2O. The van der Waals surface area contributed by atoms with Crippen molar-refractivity contribution in [2.45, 2.75) is 45.2 Å². The monoisotopic (exact) mass is 232 g/mol. The third kappa shape index (κ3) is 3.22. The zero-order chi connectivity index (χ0) is 12.3. The van der Waals surface area contributed by atoms with Crippen LogP contribution in [0, 0.1) is 0 Å². The second-order valence-electron chi connectivity index (χ2n) is 4.96. The van der Waals surface area contributed by atoms with E-state index in [1.54, 1.807) is 0 Å². The van der Waals surface area contributed by atoms with Gasteiger partial charge < -0.3 is 10.6 Å². The summed E-state index contributed by atoms with van der Waals surface area (Å²) < 4.78 is 0. The van der Waals surface area contributed by atoms with Crippen LogP contribution in [0.4, 0.5) is 5.69 Å². The molecule has 17 heavy (non-hydrogen) atoms. The third-order valence-corrected chi connectivity index (χ3v) is 3.01. The van der Waals surface area contributed by atoms with Gasteiger partial charge >= 0.3 is 0 Å². The van der Waals surface area contributed by atoms with E-state index in [2.05, 4.69) is 28.8 Å². The molecule has 0 saturated heterocycles. The summed E-state index contributed by atoms with van der Waals surface area (Å²) in [7, 11) is 0. The molecule has 0 aromatic heterocycles. The van der Waals surface area contributed by atoms with E-state index in [9.17, 15) is 4.79 Å². The molecule has 1 unspecified atom stereocenters. The summed E-state index contributed by atoms with van der Waals surface area (Å²) in [5.41, 5.74) is 2.59. The maximum Gasteiger partial charge on any atom is 0.220 e. The SMILES string of the molecule is CC(C)NC(=O)CCC1Cc2ccccc2N1. The van der Waals surface area contributed by atoms with Gasteiger partial charge in [0.2, 0.25) is 5.91 Å². The van der Waals surface area contributed by atoms with E-state index in [0.717, 1.165) is 12.8 Å². The van der Waals surface area contributed by atoms with Crippen molar-refractivity contribution in [3.8, 4) is 0 Å². The van der Waals surface area contributed by atoms with Crippen molar-refractivity contribution < 1.29 is 4.79 Å². The Balaban J connectivity index is 1.78. The van der Waals surface area contributed by atoms with Crippen LogP contribution < -0.4 is 10.6 Å². The molecule has 1 heterocycles. The molecule has 1 atom stereocenters. The lowest BCUT2D eigenvalue weighted by Crippen LogP contribution is -2.31. The molecule has 3 heteroatoms. The van der Waals surface area contributed by atoms with E-state index in [4.69, 9.17) is 0 Å². The molecule has 1 aromatic rings. The molecule has 92 valence electrons. The van der Waals surface area contributed by atoms with Crippen molar-refractivity contribution in [2.75, 3.05) is 5.32 Å². The Bertz CT molecular complexity index is 376. The van der Waals surface area contributed by atoms with Gasteiger partial charge in [-0.1, -0.05) is 18.2 Å². The van der Waals surface area contributed by atoms with Crippen LogP contribution in [0.15, 0.2) is 24.3 Å². The molecule has 0 radical (unpaired) electrons. The Hall–Kier alpha value is -1.51. The van der Waals surface area contributed by atoms with Crippen LogP contribution in [0.5, 0.6) is 0 Å². The summed E-state index contributed by atoms with van der Waals surface area (Å²) in [5, 5.41) is 6.38. The highest BCUT2D eigenvalue weighted by molar-refractivity contribution is 5.76. The lowest BCUT2D eigenvalue weighted by molar-refractivity contribution is -0.121. The number of anilines is 1. The lowest BCUT2D eigenvalue weighted by Gasteiger charge is -2.12. The molecule has 0 fully saturated rings. The van der Waals surface area contributed by atoms with Gasteiger partial charge in [0.05, 0.1) is 0 Å². The highest BCUT2D eigenvalue weighted by Gasteiger charge is 2.20. The molecule has 2 N–H and O–H groups in total. The number of hydrogen-bond donors (Lipinski definition) is 2. The first-order chi connectivity index (χ1) is 8.15. The maximum absolute atomic E-state index is 11.5. The Labute approximate surface area is 103 Å². The van der Waals surface area contributed by atoms with Crippen LogP contribution in [0.1, 0.15) is 32.3 Å². The van der Waals surface area contributed by atoms with Crippen LogP contribution >= 0.6 is 0 Å². The van der Waals surface area contributed by atoms with Crippen LogP contribution in [0.3, 0.4) is 0 Å². The van der Waals surface area contributed by atoms with Crippen LogP contribution in [0.2, 0.25) is 0 Å². The minimum atomic E-state index is 0.151. The molecule has 1 amide bonds. The molecule has 3 nitrogen and oxygen atoms in total. The van der Waals surface area contributed by atoms with E-state index in [-0.39, 0.29) is 11.9 Å². The minimum Gasteiger partial charge on any atom is -0.382 e. The zero-order valence-electron chi connectivity index (χ0n) is 10.5. The number of nitrogens with one attached hydrogen (secondary N) is 2. The van der Waals surface area contributed by atoms with Gasteiger partial charge in [0, 0.05) is 24.2 Å². The quantitative estimate of drug-likeness (QED) is 0.836. The fraction of sp³-hybridized carbons (Fsp3) is 0.500. The molecule has 0 saturated carbocycles. The van der Waals surface area contributed by atoms with E-state index in [0.29, 0.717) is 12.5 Å². The normalized spacial score (nSPS) is 17.7. The number of hydrogen-bond acceptors (Lipinski definition) is 2. The van der Waals surface area contributed by atoms with Crippen molar-refractivity contribution in [1.29, 1.82) is 0 Å². The zero-order valence-corrected chi connectivity index (χ0v) is 10.5. The van der Waals surface area contributed by atoms with Gasteiger partial charge in [0.1, 0.15) is 0 Å². The Kier molecular flexibility index (Phi) is 3.67. The third-order valence-electron chi connectivity index (χ3n) is 3.01. The summed E-state index contributed by atoms with van der Waals surface area (Å²) in [5.74, 6) is 0.151. The smallest absolute Gasteiger partial charge is 0.220 e. The number of fused-ring (bicyclic) bond motifs is 1. The average Bonchev–Trinajstić information content (AvgIpc) is 2.68. The van der Waals surface area contributed by atoms with Gasteiger partial charge in [-0.15, -0.1) is 0 Å². The van der Waals surface area contributed by atoms with Crippen LogP contribution in [-0.2, 0) is 11.2 Å². The minimum absolute atomic E-state index is 0.151. The summed E-state index contributed by atoms with van der Waals surface area (Å²) in [6.45, 7) is 3.98. The topological polar surface area (TPSA) is 41.1 Å². The fourth-order valence-electron chi connectivity index (χ4n) is 2.25. The molecular weight excluding hydrogens is 212 g/mol. The molecule has 0 aliphatic carbocycles. The van der Waals surface area contributed by atoms with Crippen molar-refractivity contribution >= 4 is 11.6 Å². The van der Waals surface area contributed by atoms with Crippen molar-refractivity contribution in [1.82, 2.24) is 5.32 Å². The summed E-state index contributed by atoms with van der Waals surface area (Å²) >= 11 is 0. The van der Waals surface area contributed by atoms with Gasteiger partial charge in [-0.2, -0.15) is 0 Å². The van der Waals surface area contributed by atoms with E-state index >= 15 is 0 Å². The van der Waals surface area contributed by atoms with Crippen LogP contribution in [0.25, 0.3) is 0 Å². The number of amides is 1. The van der Waals surface area contributed by atoms with Gasteiger partial charge in [0.25, 0.3) is 0 Å². The van der Waals surface area contributed by atoms with Crippen molar-refractivity contribution in [2.24, 2.45) is 0 Å². The summed E-state index contributed by atoms with van der Waals surface area (Å²) in [4.78, 5) is 11.5. The maximum atomic E-state index is 11.5. The molecule has 0 spiro atoms. The standard InChI is InChI=1S/C14H20N2O/c1-10(2)15-14(17)8-7-12-9-11-5-3-4-6-13(11)16-12/h3-6,10,12,16H,7-9H2,1-2H3,(H,15,17). The number of carbonyl (C=O) groups is 1. The first-order valence-electron chi connectivity index (χ1n) is 6.29. The Morgan fingerprint density at radius 1 is 1.47 bits per heavy atom. The number of benzene rings is 1. The first-order valence-corrected chi connectivity index (χ1v) is 6.29. The highest BCUT2D eigenvalue weighted by Crippen LogP contribution is 2.26. The van der Waals surface area contributed by atoms with Gasteiger partial charge in [-0.25, -0.2) is 0 Å². The van der Waals surface area contributed by atoms with Crippen LogP contribution in [-0.4, -0.2) is 18.0 Å². The largest absolute Gasteiger partial charge is 0.382 e. The lowest BCUT2D eigenvalue weighted by atomic mass is 10.1. The first kappa shape index (κ1) is 12.0. The predicted molar refractivity (Wildman–Crippen MR) is 70.1 cm³/mol. The second kappa shape index (κ2) is 5.21. The van der Waals surface area contributed by atoms with Crippen molar-refractivity contribution in [3.05, 3.63) is 29.8 Å². The van der Waals surface area contributed by atoms with Gasteiger partial charge in [0.15, 0.2) is 0 Å². The fourth-order valence-corrected chi connectivity index (χ4v) is 2.25. The van der Waals surface area contributed by atoms with E-state index in [1.165, 1.54) is 11.3 Å². The molecule has 1 aliphatic rings. The van der Waals surface area contributed by atoms with E-state index in [1.807, 2.05) is 19.9 Å². The van der Waals surface area contributed by atoms with Gasteiger partial charge in [-0.05, 0) is 38.3 Å². The van der Waals surface area contributed by atoms with E-state index < -0.39 is 0 Å². The Morgan fingerprint density at radius 2 is 2.24 bits per heavy atom. The number of para-hydroxylation sites is 1. The highest BCUT2D eigenvalue weighted by atomic mass is 16.1. The predicted octanol–water partition coefficient (Wildman–Crippen LogP) is 2.33. The van der Waals surface area contributed by atoms with Gasteiger partial charge in [-0.3, -0.25) is 4.79 Å². The summed E-state index contributed by atoms with van der Waals surface area (Å²) in [6.07, 6.45) is 2.53. The average molecular weight is 232 g/mol. The molecule has 2 rings (SSSR count). The molecule has 0 bridgehead atoms. The Morgan fingerprint density at radius 3 is 2.94 bits per heavy atom. The second-order valence-corrected chi connectivity index (χ2v) is 4.96. The molecule has 1 aliphatic heterocycles. The van der Waals surface area contributed by atoms with Crippen molar-refractivity contribution in [3.63, 3.8) is 0 Å². The molecule has 1 aromatic carbocycles. The summed E-state index contributed by atoms with van der Waals surface area (Å²) in [6, 6.07) is 9.00. The number of carbonyl (C=O) groups excluding carboxylic acids is 1. The number of rotatable bonds is 4.